The lowest BCUT2D eigenvalue weighted by molar-refractivity contribution is 0.0531. The van der Waals surface area contributed by atoms with E-state index < -0.39 is 0 Å². The van der Waals surface area contributed by atoms with Gasteiger partial charge in [-0.05, 0) is 36.5 Å². The monoisotopic (exact) mass is 296 g/mol. The number of amides is 1. The van der Waals surface area contributed by atoms with E-state index in [4.69, 9.17) is 0 Å². The molecule has 1 aliphatic rings. The first-order chi connectivity index (χ1) is 10.8. The lowest BCUT2D eigenvalue weighted by Crippen LogP contribution is -2.43. The number of hydrogen-bond acceptors (Lipinski definition) is 3. The minimum Gasteiger partial charge on any atom is -0.394 e. The van der Waals surface area contributed by atoms with E-state index in [1.165, 1.54) is 0 Å². The van der Waals surface area contributed by atoms with Crippen molar-refractivity contribution in [3.63, 3.8) is 0 Å². The molecule has 114 valence electrons. The summed E-state index contributed by atoms with van der Waals surface area (Å²) in [7, 11) is 0. The quantitative estimate of drug-likeness (QED) is 0.891. The lowest BCUT2D eigenvalue weighted by atomic mass is 10.1. The molecule has 1 N–H and O–H groups in total. The van der Waals surface area contributed by atoms with Crippen molar-refractivity contribution in [3.8, 4) is 0 Å². The van der Waals surface area contributed by atoms with Crippen LogP contribution in [-0.4, -0.2) is 33.5 Å². The number of hydrogen-bond donors (Lipinski definition) is 1. The Kier molecular flexibility index (Phi) is 4.49. The molecule has 1 fully saturated rings. The van der Waals surface area contributed by atoms with Crippen molar-refractivity contribution in [2.45, 2.75) is 25.4 Å². The van der Waals surface area contributed by atoms with Crippen LogP contribution in [0.25, 0.3) is 0 Å². The van der Waals surface area contributed by atoms with Crippen molar-refractivity contribution in [1.82, 2.24) is 9.88 Å². The fraction of sp³-hybridized carbons (Fsp3) is 0.333. The molecule has 1 atom stereocenters. The van der Waals surface area contributed by atoms with Gasteiger partial charge in [0.05, 0.1) is 12.6 Å². The van der Waals surface area contributed by atoms with Gasteiger partial charge in [-0.25, -0.2) is 0 Å². The van der Waals surface area contributed by atoms with Crippen LogP contribution in [0.2, 0.25) is 0 Å². The summed E-state index contributed by atoms with van der Waals surface area (Å²) in [6.45, 7) is 0.526. The molecule has 0 aliphatic heterocycles. The number of nitrogens with zero attached hydrogens (tertiary/aromatic N) is 2. The fourth-order valence-corrected chi connectivity index (χ4v) is 2.76. The molecule has 3 rings (SSSR count). The fourth-order valence-electron chi connectivity index (χ4n) is 2.76. The molecule has 4 nitrogen and oxygen atoms in total. The van der Waals surface area contributed by atoms with Crippen LogP contribution < -0.4 is 0 Å². The van der Waals surface area contributed by atoms with E-state index in [1.54, 1.807) is 24.5 Å². The Morgan fingerprint density at radius 1 is 1.18 bits per heavy atom. The van der Waals surface area contributed by atoms with Crippen LogP contribution in [-0.2, 0) is 6.54 Å². The topological polar surface area (TPSA) is 53.4 Å². The van der Waals surface area contributed by atoms with Crippen LogP contribution in [0, 0.1) is 5.92 Å². The lowest BCUT2D eigenvalue weighted by Gasteiger charge is -2.31. The first-order valence-corrected chi connectivity index (χ1v) is 7.65. The molecule has 1 aromatic carbocycles. The molecule has 22 heavy (non-hydrogen) atoms. The van der Waals surface area contributed by atoms with Gasteiger partial charge < -0.3 is 10.0 Å². The first-order valence-electron chi connectivity index (χ1n) is 7.65. The minimum absolute atomic E-state index is 0.00826. The van der Waals surface area contributed by atoms with E-state index in [9.17, 15) is 9.90 Å². The summed E-state index contributed by atoms with van der Waals surface area (Å²) < 4.78 is 0. The van der Waals surface area contributed by atoms with Crippen LogP contribution in [0.3, 0.4) is 0 Å². The molecule has 4 heteroatoms. The normalized spacial score (nSPS) is 15.3. The summed E-state index contributed by atoms with van der Waals surface area (Å²) in [5, 5.41) is 9.77. The highest BCUT2D eigenvalue weighted by Crippen LogP contribution is 2.36. The number of benzene rings is 1. The van der Waals surface area contributed by atoms with Crippen molar-refractivity contribution in [3.05, 3.63) is 66.0 Å². The predicted molar refractivity (Wildman–Crippen MR) is 84.2 cm³/mol. The second kappa shape index (κ2) is 6.71. The molecule has 1 aliphatic carbocycles. The number of aliphatic hydroxyl groups excluding tert-OH is 1. The molecule has 1 amide bonds. The van der Waals surface area contributed by atoms with E-state index >= 15 is 0 Å². The molecule has 0 bridgehead atoms. The SMILES string of the molecule is O=C(c1ccncc1)N(Cc1ccccc1)[C@@H](CO)C1CC1. The molecular weight excluding hydrogens is 276 g/mol. The molecule has 0 spiro atoms. The van der Waals surface area contributed by atoms with Gasteiger partial charge in [-0.2, -0.15) is 0 Å². The van der Waals surface area contributed by atoms with Gasteiger partial charge in [0, 0.05) is 24.5 Å². The Balaban J connectivity index is 1.86. The second-order valence-electron chi connectivity index (χ2n) is 5.74. The maximum atomic E-state index is 12.9. The van der Waals surface area contributed by atoms with Crippen molar-refractivity contribution >= 4 is 5.91 Å². The number of carbonyl (C=O) groups excluding carboxylic acids is 1. The number of pyridine rings is 1. The van der Waals surface area contributed by atoms with Gasteiger partial charge in [0.1, 0.15) is 0 Å². The van der Waals surface area contributed by atoms with Gasteiger partial charge in [-0.15, -0.1) is 0 Å². The Labute approximate surface area is 130 Å². The zero-order valence-corrected chi connectivity index (χ0v) is 12.4. The minimum atomic E-state index is -0.110. The van der Waals surface area contributed by atoms with Crippen LogP contribution in [0.15, 0.2) is 54.9 Å². The smallest absolute Gasteiger partial charge is 0.254 e. The maximum Gasteiger partial charge on any atom is 0.254 e. The van der Waals surface area contributed by atoms with Gasteiger partial charge in [0.15, 0.2) is 0 Å². The zero-order chi connectivity index (χ0) is 15.4. The van der Waals surface area contributed by atoms with E-state index in [2.05, 4.69) is 4.98 Å². The highest BCUT2D eigenvalue weighted by Gasteiger charge is 2.37. The molecule has 1 aromatic heterocycles. The standard InChI is InChI=1S/C18H20N2O2/c21-13-17(15-6-7-15)20(12-14-4-2-1-3-5-14)18(22)16-8-10-19-11-9-16/h1-5,8-11,15,17,21H,6-7,12-13H2/t17-/m0/s1. The van der Waals surface area contributed by atoms with Gasteiger partial charge in [0.2, 0.25) is 0 Å². The third-order valence-electron chi connectivity index (χ3n) is 4.14. The van der Waals surface area contributed by atoms with Gasteiger partial charge >= 0.3 is 0 Å². The Hall–Kier alpha value is -2.20. The van der Waals surface area contributed by atoms with Crippen molar-refractivity contribution in [2.75, 3.05) is 6.61 Å². The summed E-state index contributed by atoms with van der Waals surface area (Å²) in [5.74, 6) is 0.372. The molecule has 2 aromatic rings. The van der Waals surface area contributed by atoms with E-state index in [0.717, 1.165) is 18.4 Å². The van der Waals surface area contributed by atoms with Crippen LogP contribution in [0.5, 0.6) is 0 Å². The summed E-state index contributed by atoms with van der Waals surface area (Å²) in [4.78, 5) is 18.6. The highest BCUT2D eigenvalue weighted by atomic mass is 16.3. The van der Waals surface area contributed by atoms with Gasteiger partial charge in [-0.3, -0.25) is 9.78 Å². The van der Waals surface area contributed by atoms with E-state index in [-0.39, 0.29) is 18.6 Å². The average molecular weight is 296 g/mol. The van der Waals surface area contributed by atoms with E-state index in [0.29, 0.717) is 18.0 Å². The Morgan fingerprint density at radius 2 is 1.86 bits per heavy atom. The Bertz CT molecular complexity index is 611. The Morgan fingerprint density at radius 3 is 2.45 bits per heavy atom. The molecular formula is C18H20N2O2. The number of carbonyl (C=O) groups is 1. The summed E-state index contributed by atoms with van der Waals surface area (Å²) in [5.41, 5.74) is 1.69. The van der Waals surface area contributed by atoms with E-state index in [1.807, 2.05) is 35.2 Å². The van der Waals surface area contributed by atoms with Crippen LogP contribution in [0.4, 0.5) is 0 Å². The van der Waals surface area contributed by atoms with Crippen LogP contribution >= 0.6 is 0 Å². The molecule has 1 heterocycles. The van der Waals surface area contributed by atoms with Crippen molar-refractivity contribution in [2.24, 2.45) is 5.92 Å². The third-order valence-corrected chi connectivity index (χ3v) is 4.14. The largest absolute Gasteiger partial charge is 0.394 e. The van der Waals surface area contributed by atoms with Crippen molar-refractivity contribution in [1.29, 1.82) is 0 Å². The molecule has 0 radical (unpaired) electrons. The first kappa shape index (κ1) is 14.7. The maximum absolute atomic E-state index is 12.9. The number of rotatable bonds is 6. The summed E-state index contributed by atoms with van der Waals surface area (Å²) >= 11 is 0. The number of aromatic nitrogens is 1. The van der Waals surface area contributed by atoms with Crippen LogP contribution in [0.1, 0.15) is 28.8 Å². The predicted octanol–water partition coefficient (Wildman–Crippen LogP) is 2.49. The molecule has 0 unspecified atom stereocenters. The molecule has 0 saturated heterocycles. The van der Waals surface area contributed by atoms with Gasteiger partial charge in [0.25, 0.3) is 5.91 Å². The molecule has 1 saturated carbocycles. The number of aliphatic hydroxyl groups is 1. The summed E-state index contributed by atoms with van der Waals surface area (Å²) in [6.07, 6.45) is 5.41. The highest BCUT2D eigenvalue weighted by molar-refractivity contribution is 5.94. The van der Waals surface area contributed by atoms with Crippen molar-refractivity contribution < 1.29 is 9.90 Å². The van der Waals surface area contributed by atoms with Gasteiger partial charge in [-0.1, -0.05) is 30.3 Å². The zero-order valence-electron chi connectivity index (χ0n) is 12.4. The summed E-state index contributed by atoms with van der Waals surface area (Å²) in [6, 6.07) is 13.3. The third kappa shape index (κ3) is 3.34. The average Bonchev–Trinajstić information content (AvgIpc) is 3.41. The second-order valence-corrected chi connectivity index (χ2v) is 5.74.